The van der Waals surface area contributed by atoms with Crippen molar-refractivity contribution in [2.75, 3.05) is 6.54 Å². The van der Waals surface area contributed by atoms with Gasteiger partial charge < -0.3 is 5.32 Å². The van der Waals surface area contributed by atoms with E-state index in [4.69, 9.17) is 11.6 Å². The van der Waals surface area contributed by atoms with Crippen molar-refractivity contribution in [1.29, 1.82) is 0 Å². The summed E-state index contributed by atoms with van der Waals surface area (Å²) >= 11 is 6.03. The molecular formula is C13H17ClFNO. The molecule has 1 N–H and O–H groups in total. The number of hydrogen-bond acceptors (Lipinski definition) is 1. The number of aryl methyl sites for hydroxylation is 1. The molecule has 2 nitrogen and oxygen atoms in total. The highest BCUT2D eigenvalue weighted by Gasteiger charge is 2.12. The Labute approximate surface area is 106 Å². The van der Waals surface area contributed by atoms with Crippen LogP contribution in [0.25, 0.3) is 0 Å². The minimum atomic E-state index is -0.307. The normalized spacial score (nSPS) is 12.6. The molecule has 1 amide bonds. The van der Waals surface area contributed by atoms with Gasteiger partial charge in [-0.15, -0.1) is 11.6 Å². The van der Waals surface area contributed by atoms with Crippen LogP contribution in [0.5, 0.6) is 0 Å². The van der Waals surface area contributed by atoms with Gasteiger partial charge in [0.05, 0.1) is 5.38 Å². The predicted octanol–water partition coefficient (Wildman–Crippen LogP) is 3.13. The lowest BCUT2D eigenvalue weighted by molar-refractivity contribution is 0.0952. The zero-order valence-corrected chi connectivity index (χ0v) is 11.0. The van der Waals surface area contributed by atoms with E-state index in [1.807, 2.05) is 13.8 Å². The highest BCUT2D eigenvalue weighted by Crippen LogP contribution is 2.10. The molecule has 1 atom stereocenters. The van der Waals surface area contributed by atoms with Gasteiger partial charge in [0, 0.05) is 12.1 Å². The quantitative estimate of drug-likeness (QED) is 0.825. The lowest BCUT2D eigenvalue weighted by Gasteiger charge is -2.14. The first kappa shape index (κ1) is 14.0. The Kier molecular flexibility index (Phi) is 4.94. The molecule has 0 aliphatic carbocycles. The number of alkyl halides is 1. The minimum Gasteiger partial charge on any atom is -0.351 e. The molecule has 0 spiro atoms. The summed E-state index contributed by atoms with van der Waals surface area (Å²) in [5.41, 5.74) is 0.917. The van der Waals surface area contributed by atoms with Gasteiger partial charge in [-0.25, -0.2) is 4.39 Å². The molecule has 0 heterocycles. The van der Waals surface area contributed by atoms with E-state index in [0.29, 0.717) is 23.6 Å². The van der Waals surface area contributed by atoms with Gasteiger partial charge in [-0.3, -0.25) is 4.79 Å². The molecule has 0 fully saturated rings. The van der Waals surface area contributed by atoms with Crippen molar-refractivity contribution in [3.05, 3.63) is 35.1 Å². The number of nitrogens with one attached hydrogen (secondary N) is 1. The Morgan fingerprint density at radius 2 is 2.12 bits per heavy atom. The van der Waals surface area contributed by atoms with E-state index < -0.39 is 0 Å². The summed E-state index contributed by atoms with van der Waals surface area (Å²) in [5.74, 6) is -0.231. The van der Waals surface area contributed by atoms with E-state index in [9.17, 15) is 9.18 Å². The summed E-state index contributed by atoms with van der Waals surface area (Å²) in [6.07, 6.45) is 0. The number of rotatable bonds is 4. The highest BCUT2D eigenvalue weighted by atomic mass is 35.5. The van der Waals surface area contributed by atoms with Gasteiger partial charge in [0.1, 0.15) is 5.82 Å². The van der Waals surface area contributed by atoms with Gasteiger partial charge in [-0.05, 0) is 36.6 Å². The average molecular weight is 258 g/mol. The summed E-state index contributed by atoms with van der Waals surface area (Å²) in [5, 5.41) is 2.64. The SMILES string of the molecule is Cc1cc(C(=O)NCC(Cl)C(C)C)ccc1F. The van der Waals surface area contributed by atoms with Crippen LogP contribution in [-0.2, 0) is 0 Å². The third kappa shape index (κ3) is 4.00. The molecule has 0 radical (unpaired) electrons. The Morgan fingerprint density at radius 1 is 1.47 bits per heavy atom. The fourth-order valence-corrected chi connectivity index (χ4v) is 1.39. The molecule has 0 bridgehead atoms. The van der Waals surface area contributed by atoms with Crippen molar-refractivity contribution < 1.29 is 9.18 Å². The second-order valence-corrected chi connectivity index (χ2v) is 4.99. The number of carbonyl (C=O) groups is 1. The largest absolute Gasteiger partial charge is 0.351 e. The molecule has 1 aromatic rings. The number of benzene rings is 1. The van der Waals surface area contributed by atoms with E-state index >= 15 is 0 Å². The second kappa shape index (κ2) is 6.01. The third-order valence-corrected chi connectivity index (χ3v) is 3.26. The summed E-state index contributed by atoms with van der Waals surface area (Å²) in [7, 11) is 0. The molecule has 4 heteroatoms. The van der Waals surface area contributed by atoms with Crippen LogP contribution >= 0.6 is 11.6 Å². The van der Waals surface area contributed by atoms with Crippen molar-refractivity contribution in [2.45, 2.75) is 26.1 Å². The van der Waals surface area contributed by atoms with Gasteiger partial charge in [-0.2, -0.15) is 0 Å². The first-order chi connectivity index (χ1) is 7.91. The maximum atomic E-state index is 13.0. The summed E-state index contributed by atoms with van der Waals surface area (Å²) in [6, 6.07) is 4.30. The summed E-state index contributed by atoms with van der Waals surface area (Å²) < 4.78 is 13.0. The number of carbonyl (C=O) groups excluding carboxylic acids is 1. The van der Waals surface area contributed by atoms with Crippen LogP contribution in [0.4, 0.5) is 4.39 Å². The van der Waals surface area contributed by atoms with E-state index in [-0.39, 0.29) is 17.1 Å². The van der Waals surface area contributed by atoms with Crippen LogP contribution in [0.2, 0.25) is 0 Å². The van der Waals surface area contributed by atoms with Crippen molar-refractivity contribution in [3.63, 3.8) is 0 Å². The lowest BCUT2D eigenvalue weighted by Crippen LogP contribution is -2.32. The molecular weight excluding hydrogens is 241 g/mol. The van der Waals surface area contributed by atoms with Crippen LogP contribution in [0, 0.1) is 18.7 Å². The number of hydrogen-bond donors (Lipinski definition) is 1. The fourth-order valence-electron chi connectivity index (χ4n) is 1.31. The number of halogens is 2. The maximum Gasteiger partial charge on any atom is 0.251 e. The van der Waals surface area contributed by atoms with Gasteiger partial charge >= 0.3 is 0 Å². The Hall–Kier alpha value is -1.09. The van der Waals surface area contributed by atoms with E-state index in [2.05, 4.69) is 5.32 Å². The van der Waals surface area contributed by atoms with E-state index in [1.54, 1.807) is 6.92 Å². The van der Waals surface area contributed by atoms with Gasteiger partial charge in [-0.1, -0.05) is 13.8 Å². The van der Waals surface area contributed by atoms with Crippen molar-refractivity contribution in [3.8, 4) is 0 Å². The molecule has 17 heavy (non-hydrogen) atoms. The Balaban J connectivity index is 2.61. The molecule has 0 aliphatic rings. The third-order valence-electron chi connectivity index (χ3n) is 2.60. The van der Waals surface area contributed by atoms with Crippen LogP contribution in [0.3, 0.4) is 0 Å². The molecule has 0 saturated carbocycles. The van der Waals surface area contributed by atoms with Crippen molar-refractivity contribution >= 4 is 17.5 Å². The molecule has 0 aromatic heterocycles. The standard InChI is InChI=1S/C13H17ClFNO/c1-8(2)11(14)7-16-13(17)10-4-5-12(15)9(3)6-10/h4-6,8,11H,7H2,1-3H3,(H,16,17). The van der Waals surface area contributed by atoms with E-state index in [1.165, 1.54) is 18.2 Å². The smallest absolute Gasteiger partial charge is 0.251 e. The molecule has 1 rings (SSSR count). The van der Waals surface area contributed by atoms with Crippen molar-refractivity contribution in [1.82, 2.24) is 5.32 Å². The fraction of sp³-hybridized carbons (Fsp3) is 0.462. The van der Waals surface area contributed by atoms with Crippen LogP contribution in [0.15, 0.2) is 18.2 Å². The van der Waals surface area contributed by atoms with Gasteiger partial charge in [0.15, 0.2) is 0 Å². The first-order valence-corrected chi connectivity index (χ1v) is 6.04. The van der Waals surface area contributed by atoms with Crippen LogP contribution in [-0.4, -0.2) is 17.8 Å². The zero-order valence-electron chi connectivity index (χ0n) is 10.3. The lowest BCUT2D eigenvalue weighted by atomic mass is 10.1. The number of amides is 1. The second-order valence-electron chi connectivity index (χ2n) is 4.43. The first-order valence-electron chi connectivity index (χ1n) is 5.60. The van der Waals surface area contributed by atoms with Crippen molar-refractivity contribution in [2.24, 2.45) is 5.92 Å². The summed E-state index contributed by atoms with van der Waals surface area (Å²) in [4.78, 5) is 11.7. The minimum absolute atomic E-state index is 0.0968. The zero-order chi connectivity index (χ0) is 13.0. The van der Waals surface area contributed by atoms with E-state index in [0.717, 1.165) is 0 Å². The maximum absolute atomic E-state index is 13.0. The monoisotopic (exact) mass is 257 g/mol. The summed E-state index contributed by atoms with van der Waals surface area (Å²) in [6.45, 7) is 6.02. The average Bonchev–Trinajstić information content (AvgIpc) is 2.28. The van der Waals surface area contributed by atoms with Gasteiger partial charge in [0.2, 0.25) is 0 Å². The molecule has 0 saturated heterocycles. The van der Waals surface area contributed by atoms with Gasteiger partial charge in [0.25, 0.3) is 5.91 Å². The highest BCUT2D eigenvalue weighted by molar-refractivity contribution is 6.21. The molecule has 0 aliphatic heterocycles. The topological polar surface area (TPSA) is 29.1 Å². The Bertz CT molecular complexity index is 406. The van der Waals surface area contributed by atoms with Crippen LogP contribution in [0.1, 0.15) is 29.8 Å². The van der Waals surface area contributed by atoms with Crippen LogP contribution < -0.4 is 5.32 Å². The Morgan fingerprint density at radius 3 is 2.65 bits per heavy atom. The molecule has 94 valence electrons. The molecule has 1 unspecified atom stereocenters. The predicted molar refractivity (Wildman–Crippen MR) is 67.9 cm³/mol. The molecule has 1 aromatic carbocycles.